The van der Waals surface area contributed by atoms with Gasteiger partial charge in [0.05, 0.1) is 5.69 Å². The molecule has 3 heteroatoms. The van der Waals surface area contributed by atoms with Crippen molar-refractivity contribution in [1.29, 1.82) is 0 Å². The zero-order valence-electron chi connectivity index (χ0n) is 6.91. The minimum absolute atomic E-state index is 0.0155. The molecule has 0 atom stereocenters. The number of nitrogen functional groups attached to an aromatic ring is 1. The van der Waals surface area contributed by atoms with Crippen LogP contribution in [-0.4, -0.2) is 12.4 Å². The predicted molar refractivity (Wildman–Crippen MR) is 47.0 cm³/mol. The number of para-hydroxylation sites is 2. The van der Waals surface area contributed by atoms with Gasteiger partial charge in [0, 0.05) is 0 Å². The Kier molecular flexibility index (Phi) is 2.69. The van der Waals surface area contributed by atoms with Gasteiger partial charge in [-0.15, -0.1) is 0 Å². The lowest BCUT2D eigenvalue weighted by Crippen LogP contribution is -2.07. The highest BCUT2D eigenvalue weighted by atomic mass is 16.5. The highest BCUT2D eigenvalue weighted by Gasteiger charge is 1.99. The van der Waals surface area contributed by atoms with Gasteiger partial charge < -0.3 is 10.5 Å². The number of benzene rings is 1. The molecule has 0 saturated carbocycles. The number of hydrogen-bond acceptors (Lipinski definition) is 3. The quantitative estimate of drug-likeness (QED) is 0.685. The van der Waals surface area contributed by atoms with E-state index < -0.39 is 0 Å². The number of Topliss-reactive ketones (excluding diaryl/α,β-unsaturated/α-hetero) is 1. The lowest BCUT2D eigenvalue weighted by molar-refractivity contribution is -0.118. The Morgan fingerprint density at radius 3 is 2.75 bits per heavy atom. The van der Waals surface area contributed by atoms with E-state index in [0.717, 1.165) is 0 Å². The highest BCUT2D eigenvalue weighted by Crippen LogP contribution is 2.19. The molecule has 0 aliphatic carbocycles. The number of anilines is 1. The third-order valence-corrected chi connectivity index (χ3v) is 1.35. The van der Waals surface area contributed by atoms with Crippen LogP contribution < -0.4 is 10.5 Å². The highest BCUT2D eigenvalue weighted by molar-refractivity contribution is 5.77. The molecule has 0 spiro atoms. The van der Waals surface area contributed by atoms with E-state index in [2.05, 4.69) is 0 Å². The summed E-state index contributed by atoms with van der Waals surface area (Å²) >= 11 is 0. The molecule has 0 aromatic heterocycles. The molecule has 0 saturated heterocycles. The lowest BCUT2D eigenvalue weighted by Gasteiger charge is -2.05. The molecule has 3 nitrogen and oxygen atoms in total. The Hall–Kier alpha value is -1.51. The summed E-state index contributed by atoms with van der Waals surface area (Å²) in [7, 11) is 0. The second kappa shape index (κ2) is 3.76. The molecule has 0 unspecified atom stereocenters. The van der Waals surface area contributed by atoms with Gasteiger partial charge in [0.2, 0.25) is 0 Å². The standard InChI is InChI=1S/C9H11NO2/c1-7(11)6-12-9-5-3-2-4-8(9)10/h2-5H,6,10H2,1H3. The van der Waals surface area contributed by atoms with E-state index in [0.29, 0.717) is 11.4 Å². The fraction of sp³-hybridized carbons (Fsp3) is 0.222. The summed E-state index contributed by atoms with van der Waals surface area (Å²) in [6.45, 7) is 1.55. The largest absolute Gasteiger partial charge is 0.484 e. The molecule has 1 aromatic rings. The summed E-state index contributed by atoms with van der Waals surface area (Å²) in [4.78, 5) is 10.6. The van der Waals surface area contributed by atoms with E-state index in [1.54, 1.807) is 12.1 Å². The van der Waals surface area contributed by atoms with Crippen molar-refractivity contribution in [3.8, 4) is 5.75 Å². The summed E-state index contributed by atoms with van der Waals surface area (Å²) < 4.78 is 5.12. The minimum Gasteiger partial charge on any atom is -0.484 e. The summed E-state index contributed by atoms with van der Waals surface area (Å²) in [5, 5.41) is 0. The van der Waals surface area contributed by atoms with Gasteiger partial charge in [-0.2, -0.15) is 0 Å². The zero-order chi connectivity index (χ0) is 8.97. The van der Waals surface area contributed by atoms with E-state index in [-0.39, 0.29) is 12.4 Å². The first-order valence-electron chi connectivity index (χ1n) is 3.67. The monoisotopic (exact) mass is 165 g/mol. The van der Waals surface area contributed by atoms with Crippen molar-refractivity contribution in [3.63, 3.8) is 0 Å². The number of ketones is 1. The smallest absolute Gasteiger partial charge is 0.167 e. The molecular formula is C9H11NO2. The van der Waals surface area contributed by atoms with Crippen molar-refractivity contribution < 1.29 is 9.53 Å². The molecule has 0 fully saturated rings. The van der Waals surface area contributed by atoms with Crippen LogP contribution in [0.3, 0.4) is 0 Å². The summed E-state index contributed by atoms with van der Waals surface area (Å²) in [5.41, 5.74) is 6.12. The number of carbonyl (C=O) groups excluding carboxylic acids is 1. The number of nitrogens with two attached hydrogens (primary N) is 1. The second-order valence-corrected chi connectivity index (χ2v) is 2.53. The zero-order valence-corrected chi connectivity index (χ0v) is 6.91. The molecule has 0 bridgehead atoms. The van der Waals surface area contributed by atoms with Gasteiger partial charge in [-0.1, -0.05) is 12.1 Å². The topological polar surface area (TPSA) is 52.3 Å². The number of carbonyl (C=O) groups is 1. The molecule has 0 aliphatic rings. The van der Waals surface area contributed by atoms with Gasteiger partial charge in [-0.05, 0) is 19.1 Å². The Bertz CT molecular complexity index is 284. The first kappa shape index (κ1) is 8.59. The van der Waals surface area contributed by atoms with Crippen LogP contribution >= 0.6 is 0 Å². The van der Waals surface area contributed by atoms with Gasteiger partial charge in [-0.25, -0.2) is 0 Å². The van der Waals surface area contributed by atoms with Crippen LogP contribution in [0.2, 0.25) is 0 Å². The molecule has 1 aromatic carbocycles. The van der Waals surface area contributed by atoms with Crippen molar-refractivity contribution in [2.75, 3.05) is 12.3 Å². The Labute approximate surface area is 71.1 Å². The van der Waals surface area contributed by atoms with E-state index in [1.807, 2.05) is 12.1 Å². The van der Waals surface area contributed by atoms with E-state index >= 15 is 0 Å². The first-order valence-corrected chi connectivity index (χ1v) is 3.67. The van der Waals surface area contributed by atoms with Crippen molar-refractivity contribution in [1.82, 2.24) is 0 Å². The maximum absolute atomic E-state index is 10.6. The van der Waals surface area contributed by atoms with Gasteiger partial charge in [-0.3, -0.25) is 4.79 Å². The van der Waals surface area contributed by atoms with Crippen LogP contribution in [0.15, 0.2) is 24.3 Å². The number of hydrogen-bond donors (Lipinski definition) is 1. The molecular weight excluding hydrogens is 154 g/mol. The van der Waals surface area contributed by atoms with Gasteiger partial charge >= 0.3 is 0 Å². The number of rotatable bonds is 3. The molecule has 0 amide bonds. The number of ether oxygens (including phenoxy) is 1. The molecule has 2 N–H and O–H groups in total. The van der Waals surface area contributed by atoms with Crippen molar-refractivity contribution in [2.24, 2.45) is 0 Å². The van der Waals surface area contributed by atoms with Crippen molar-refractivity contribution in [2.45, 2.75) is 6.92 Å². The first-order chi connectivity index (χ1) is 5.70. The summed E-state index contributed by atoms with van der Waals surface area (Å²) in [6, 6.07) is 7.09. The molecule has 64 valence electrons. The molecule has 1 rings (SSSR count). The molecule has 0 aliphatic heterocycles. The van der Waals surface area contributed by atoms with Gasteiger partial charge in [0.1, 0.15) is 12.4 Å². The van der Waals surface area contributed by atoms with Gasteiger partial charge in [0.25, 0.3) is 0 Å². The van der Waals surface area contributed by atoms with E-state index in [4.69, 9.17) is 10.5 Å². The fourth-order valence-corrected chi connectivity index (χ4v) is 0.791. The summed E-state index contributed by atoms with van der Waals surface area (Å²) in [6.07, 6.45) is 0. The third kappa shape index (κ3) is 2.27. The van der Waals surface area contributed by atoms with Crippen LogP contribution in [0.4, 0.5) is 5.69 Å². The van der Waals surface area contributed by atoms with Crippen molar-refractivity contribution >= 4 is 11.5 Å². The average molecular weight is 165 g/mol. The van der Waals surface area contributed by atoms with E-state index in [1.165, 1.54) is 6.92 Å². The Morgan fingerprint density at radius 2 is 2.17 bits per heavy atom. The fourth-order valence-electron chi connectivity index (χ4n) is 0.791. The summed E-state index contributed by atoms with van der Waals surface area (Å²) in [5.74, 6) is 0.547. The molecule has 0 radical (unpaired) electrons. The second-order valence-electron chi connectivity index (χ2n) is 2.53. The Morgan fingerprint density at radius 1 is 1.50 bits per heavy atom. The van der Waals surface area contributed by atoms with Crippen LogP contribution in [0.5, 0.6) is 5.75 Å². The SMILES string of the molecule is CC(=O)COc1ccccc1N. The van der Waals surface area contributed by atoms with Crippen molar-refractivity contribution in [3.05, 3.63) is 24.3 Å². The predicted octanol–water partition coefficient (Wildman–Crippen LogP) is 1.24. The normalized spacial score (nSPS) is 9.42. The minimum atomic E-state index is -0.0155. The Balaban J connectivity index is 2.63. The molecule has 0 heterocycles. The average Bonchev–Trinajstić information content (AvgIpc) is 2.03. The maximum atomic E-state index is 10.6. The van der Waals surface area contributed by atoms with Crippen LogP contribution in [-0.2, 0) is 4.79 Å². The van der Waals surface area contributed by atoms with Crippen LogP contribution in [0.1, 0.15) is 6.92 Å². The van der Waals surface area contributed by atoms with Crippen LogP contribution in [0, 0.1) is 0 Å². The van der Waals surface area contributed by atoms with E-state index in [9.17, 15) is 4.79 Å². The van der Waals surface area contributed by atoms with Crippen LogP contribution in [0.25, 0.3) is 0 Å². The lowest BCUT2D eigenvalue weighted by atomic mass is 10.3. The molecule has 12 heavy (non-hydrogen) atoms. The third-order valence-electron chi connectivity index (χ3n) is 1.35. The van der Waals surface area contributed by atoms with Gasteiger partial charge in [0.15, 0.2) is 5.78 Å². The maximum Gasteiger partial charge on any atom is 0.167 e.